The smallest absolute Gasteiger partial charge is 0.269 e. The van der Waals surface area contributed by atoms with E-state index in [2.05, 4.69) is 21.9 Å². The monoisotopic (exact) mass is 557 g/mol. The molecule has 0 saturated carbocycles. The molecule has 1 aliphatic rings. The van der Waals surface area contributed by atoms with Gasteiger partial charge in [0, 0.05) is 54.3 Å². The van der Waals surface area contributed by atoms with E-state index in [1.165, 1.54) is 3.97 Å². The van der Waals surface area contributed by atoms with Gasteiger partial charge in [0.1, 0.15) is 5.82 Å². The lowest BCUT2D eigenvalue weighted by Gasteiger charge is -2.34. The summed E-state index contributed by atoms with van der Waals surface area (Å²) < 4.78 is 35.8. The molecule has 11 heteroatoms. The van der Waals surface area contributed by atoms with Gasteiger partial charge in [-0.05, 0) is 52.0 Å². The normalized spacial score (nSPS) is 16.1. The molecule has 0 radical (unpaired) electrons. The number of hydrogen-bond donors (Lipinski definition) is 0. The third kappa shape index (κ3) is 4.35. The molecule has 5 heterocycles. The van der Waals surface area contributed by atoms with Crippen LogP contribution in [0.25, 0.3) is 33.7 Å². The van der Waals surface area contributed by atoms with E-state index in [4.69, 9.17) is 14.7 Å². The third-order valence-electron chi connectivity index (χ3n) is 7.51. The van der Waals surface area contributed by atoms with Gasteiger partial charge in [0.2, 0.25) is 0 Å². The topological polar surface area (TPSA) is 108 Å². The lowest BCUT2D eigenvalue weighted by Crippen LogP contribution is -2.44. The fourth-order valence-corrected chi connectivity index (χ4v) is 6.57. The van der Waals surface area contributed by atoms with Crippen LogP contribution in [-0.4, -0.2) is 62.9 Å². The molecule has 1 aromatic carbocycles. The molecule has 1 fully saturated rings. The fraction of sp³-hybridized carbons (Fsp3) is 0.310. The zero-order valence-electron chi connectivity index (χ0n) is 23.2. The standard InChI is InChI=1S/C29H31N7O3S/c1-18-6-8-22(9-7-18)40(37,38)36-13-11-24-23(10-12-30-29(24)36)28-31-25(27-20(3)33-34(5)21(27)4)16-26(32-28)35-14-15-39-17-19(35)2/h6-13,16,19H,14-15,17H2,1-5H3/t19-/m1/s1. The van der Waals surface area contributed by atoms with Crippen LogP contribution in [0.3, 0.4) is 0 Å². The first-order valence-electron chi connectivity index (χ1n) is 13.2. The summed E-state index contributed by atoms with van der Waals surface area (Å²) in [4.78, 5) is 16.9. The van der Waals surface area contributed by atoms with Gasteiger partial charge in [-0.15, -0.1) is 0 Å². The second-order valence-electron chi connectivity index (χ2n) is 10.2. The average Bonchev–Trinajstić information content (AvgIpc) is 3.49. The zero-order valence-corrected chi connectivity index (χ0v) is 24.0. The predicted octanol–water partition coefficient (Wildman–Crippen LogP) is 4.28. The summed E-state index contributed by atoms with van der Waals surface area (Å²) in [6, 6.07) is 12.5. The Hall–Kier alpha value is -4.09. The molecule has 4 aromatic heterocycles. The lowest BCUT2D eigenvalue weighted by molar-refractivity contribution is 0.0985. The van der Waals surface area contributed by atoms with Gasteiger partial charge in [0.05, 0.1) is 35.5 Å². The second kappa shape index (κ2) is 9.83. The largest absolute Gasteiger partial charge is 0.377 e. The number of ether oxygens (including phenoxy) is 1. The number of aromatic nitrogens is 6. The number of aryl methyl sites for hydroxylation is 3. The summed E-state index contributed by atoms with van der Waals surface area (Å²) in [5.41, 5.74) is 5.60. The first-order chi connectivity index (χ1) is 19.1. The summed E-state index contributed by atoms with van der Waals surface area (Å²) >= 11 is 0. The van der Waals surface area contributed by atoms with Gasteiger partial charge in [-0.1, -0.05) is 17.7 Å². The van der Waals surface area contributed by atoms with Gasteiger partial charge in [0.25, 0.3) is 10.0 Å². The average molecular weight is 558 g/mol. The van der Waals surface area contributed by atoms with Crippen molar-refractivity contribution < 1.29 is 13.2 Å². The summed E-state index contributed by atoms with van der Waals surface area (Å²) in [7, 11) is -1.93. The molecule has 0 spiro atoms. The van der Waals surface area contributed by atoms with Gasteiger partial charge >= 0.3 is 0 Å². The van der Waals surface area contributed by atoms with Crippen LogP contribution < -0.4 is 4.90 Å². The maximum Gasteiger partial charge on any atom is 0.269 e. The summed E-state index contributed by atoms with van der Waals surface area (Å²) in [6.07, 6.45) is 3.15. The van der Waals surface area contributed by atoms with E-state index in [0.29, 0.717) is 42.2 Å². The maximum absolute atomic E-state index is 13.5. The van der Waals surface area contributed by atoms with Crippen molar-refractivity contribution in [2.24, 2.45) is 7.05 Å². The summed E-state index contributed by atoms with van der Waals surface area (Å²) in [6.45, 7) is 9.96. The molecule has 0 amide bonds. The molecule has 1 atom stereocenters. The minimum Gasteiger partial charge on any atom is -0.377 e. The Morgan fingerprint density at radius 2 is 1.80 bits per heavy atom. The van der Waals surface area contributed by atoms with Gasteiger partial charge in [-0.2, -0.15) is 5.10 Å². The van der Waals surface area contributed by atoms with E-state index in [-0.39, 0.29) is 10.9 Å². The van der Waals surface area contributed by atoms with Crippen LogP contribution >= 0.6 is 0 Å². The Morgan fingerprint density at radius 1 is 1.02 bits per heavy atom. The van der Waals surface area contributed by atoms with E-state index in [9.17, 15) is 8.42 Å². The molecule has 1 aliphatic heterocycles. The van der Waals surface area contributed by atoms with Crippen LogP contribution in [0.5, 0.6) is 0 Å². The Morgan fingerprint density at radius 3 is 2.50 bits per heavy atom. The Kier molecular flexibility index (Phi) is 6.42. The van der Waals surface area contributed by atoms with Crippen LogP contribution in [0.1, 0.15) is 23.9 Å². The van der Waals surface area contributed by atoms with E-state index in [0.717, 1.165) is 34.0 Å². The Labute approximate surface area is 233 Å². The van der Waals surface area contributed by atoms with Gasteiger partial charge in [0.15, 0.2) is 11.5 Å². The van der Waals surface area contributed by atoms with Gasteiger partial charge < -0.3 is 9.64 Å². The van der Waals surface area contributed by atoms with Crippen molar-refractivity contribution in [2.45, 2.75) is 38.6 Å². The number of fused-ring (bicyclic) bond motifs is 1. The molecule has 6 rings (SSSR count). The quantitative estimate of drug-likeness (QED) is 0.315. The van der Waals surface area contributed by atoms with E-state index in [1.807, 2.05) is 44.6 Å². The molecule has 0 aliphatic carbocycles. The molecule has 1 saturated heterocycles. The van der Waals surface area contributed by atoms with Crippen molar-refractivity contribution in [1.29, 1.82) is 0 Å². The van der Waals surface area contributed by atoms with Crippen molar-refractivity contribution in [2.75, 3.05) is 24.7 Å². The van der Waals surface area contributed by atoms with E-state index >= 15 is 0 Å². The van der Waals surface area contributed by atoms with Crippen molar-refractivity contribution in [3.63, 3.8) is 0 Å². The number of hydrogen-bond acceptors (Lipinski definition) is 8. The third-order valence-corrected chi connectivity index (χ3v) is 9.19. The molecule has 0 N–H and O–H groups in total. The van der Waals surface area contributed by atoms with Crippen LogP contribution in [0, 0.1) is 20.8 Å². The van der Waals surface area contributed by atoms with Crippen LogP contribution in [-0.2, 0) is 21.8 Å². The molecule has 10 nitrogen and oxygen atoms in total. The maximum atomic E-state index is 13.5. The molecular weight excluding hydrogens is 526 g/mol. The number of rotatable bonds is 5. The van der Waals surface area contributed by atoms with Crippen molar-refractivity contribution in [3.05, 3.63) is 71.8 Å². The van der Waals surface area contributed by atoms with Gasteiger partial charge in [-0.25, -0.2) is 27.3 Å². The van der Waals surface area contributed by atoms with Crippen molar-refractivity contribution in [3.8, 4) is 22.6 Å². The number of morpholine rings is 1. The van der Waals surface area contributed by atoms with Crippen molar-refractivity contribution in [1.82, 2.24) is 28.7 Å². The molecule has 0 bridgehead atoms. The highest BCUT2D eigenvalue weighted by atomic mass is 32.2. The number of nitrogens with zero attached hydrogens (tertiary/aromatic N) is 7. The Bertz CT molecular complexity index is 1840. The first-order valence-corrected chi connectivity index (χ1v) is 14.6. The summed E-state index contributed by atoms with van der Waals surface area (Å²) in [5, 5.41) is 5.25. The molecule has 40 heavy (non-hydrogen) atoms. The molecule has 5 aromatic rings. The summed E-state index contributed by atoms with van der Waals surface area (Å²) in [5.74, 6) is 1.28. The first kappa shape index (κ1) is 26.1. The lowest BCUT2D eigenvalue weighted by atomic mass is 10.1. The highest BCUT2D eigenvalue weighted by Gasteiger charge is 2.26. The SMILES string of the molecule is Cc1ccc(S(=O)(=O)n2ccc3c(-c4nc(-c5c(C)nn(C)c5C)cc(N5CCOC[C@H]5C)n4)ccnc32)cc1. The van der Waals surface area contributed by atoms with Crippen LogP contribution in [0.4, 0.5) is 5.82 Å². The van der Waals surface area contributed by atoms with E-state index < -0.39 is 10.0 Å². The molecular formula is C29H31N7O3S. The van der Waals surface area contributed by atoms with Crippen molar-refractivity contribution >= 4 is 26.9 Å². The minimum absolute atomic E-state index is 0.138. The van der Waals surface area contributed by atoms with Crippen LogP contribution in [0.15, 0.2) is 59.8 Å². The predicted molar refractivity (Wildman–Crippen MR) is 154 cm³/mol. The Balaban J connectivity index is 1.54. The second-order valence-corrected chi connectivity index (χ2v) is 12.1. The number of pyridine rings is 1. The van der Waals surface area contributed by atoms with Crippen LogP contribution in [0.2, 0.25) is 0 Å². The fourth-order valence-electron chi connectivity index (χ4n) is 5.27. The number of benzene rings is 1. The highest BCUT2D eigenvalue weighted by Crippen LogP contribution is 2.34. The minimum atomic E-state index is -3.85. The number of anilines is 1. The highest BCUT2D eigenvalue weighted by molar-refractivity contribution is 7.90. The van der Waals surface area contributed by atoms with Gasteiger partial charge in [-0.3, -0.25) is 4.68 Å². The molecule has 0 unspecified atom stereocenters. The molecule has 206 valence electrons. The zero-order chi connectivity index (χ0) is 28.2. The van der Waals surface area contributed by atoms with E-state index in [1.54, 1.807) is 42.7 Å².